The number of aromatic nitrogens is 1. The van der Waals surface area contributed by atoms with Crippen LogP contribution in [-0.4, -0.2) is 42.0 Å². The fourth-order valence-corrected chi connectivity index (χ4v) is 5.37. The zero-order valence-electron chi connectivity index (χ0n) is 21.1. The average molecular weight is 524 g/mol. The highest BCUT2D eigenvalue weighted by molar-refractivity contribution is 5.88. The molecule has 0 radical (unpaired) electrons. The van der Waals surface area contributed by atoms with Gasteiger partial charge in [0.1, 0.15) is 5.82 Å². The van der Waals surface area contributed by atoms with Gasteiger partial charge in [0.05, 0.1) is 11.3 Å². The van der Waals surface area contributed by atoms with E-state index in [2.05, 4.69) is 4.98 Å². The van der Waals surface area contributed by atoms with Crippen LogP contribution in [0.25, 0.3) is 10.9 Å². The SMILES string of the molecule is CCc1cccc2c(C(CC(=O)N3CCN(c4ccccc4F)CC3)c3cccc(C(F)(F)F)c3)c[nH]c12. The molecule has 0 saturated carbocycles. The highest BCUT2D eigenvalue weighted by atomic mass is 19.4. The standard InChI is InChI=1S/C30H29F4N3O/c1-2-20-7-6-10-23-25(19-35-29(20)23)24(21-8-5-9-22(17-21)30(32,33)34)18-28(38)37-15-13-36(14-16-37)27-12-4-3-11-26(27)31/h3-12,17,19,24,35H,2,13-16,18H2,1H3. The highest BCUT2D eigenvalue weighted by Gasteiger charge is 2.33. The zero-order valence-corrected chi connectivity index (χ0v) is 21.1. The Labute approximate surface area is 218 Å². The first-order valence-corrected chi connectivity index (χ1v) is 12.8. The number of piperazine rings is 1. The number of carbonyl (C=O) groups excluding carboxylic acids is 1. The van der Waals surface area contributed by atoms with E-state index in [1.54, 1.807) is 29.2 Å². The Morgan fingerprint density at radius 1 is 0.974 bits per heavy atom. The van der Waals surface area contributed by atoms with Crippen molar-refractivity contribution in [2.75, 3.05) is 31.1 Å². The largest absolute Gasteiger partial charge is 0.416 e. The minimum Gasteiger partial charge on any atom is -0.366 e. The van der Waals surface area contributed by atoms with E-state index in [1.165, 1.54) is 12.1 Å². The van der Waals surface area contributed by atoms with Crippen LogP contribution in [0.5, 0.6) is 0 Å². The van der Waals surface area contributed by atoms with E-state index in [-0.39, 0.29) is 18.1 Å². The summed E-state index contributed by atoms with van der Waals surface area (Å²) in [5, 5.41) is 0.906. The van der Waals surface area contributed by atoms with Gasteiger partial charge >= 0.3 is 6.18 Å². The van der Waals surface area contributed by atoms with Gasteiger partial charge in [0.15, 0.2) is 0 Å². The van der Waals surface area contributed by atoms with Crippen LogP contribution in [0, 0.1) is 5.82 Å². The molecule has 1 aliphatic rings. The van der Waals surface area contributed by atoms with E-state index in [1.807, 2.05) is 36.2 Å². The van der Waals surface area contributed by atoms with E-state index >= 15 is 0 Å². The Morgan fingerprint density at radius 2 is 1.71 bits per heavy atom. The summed E-state index contributed by atoms with van der Waals surface area (Å²) in [5.74, 6) is -1.00. The Bertz CT molecular complexity index is 1440. The summed E-state index contributed by atoms with van der Waals surface area (Å²) in [5.41, 5.74) is 3.06. The molecule has 1 aliphatic heterocycles. The summed E-state index contributed by atoms with van der Waals surface area (Å²) >= 11 is 0. The molecule has 38 heavy (non-hydrogen) atoms. The third-order valence-corrected chi connectivity index (χ3v) is 7.41. The van der Waals surface area contributed by atoms with Gasteiger partial charge in [0, 0.05) is 55.6 Å². The van der Waals surface area contributed by atoms with Crippen LogP contribution in [-0.2, 0) is 17.4 Å². The number of halogens is 4. The van der Waals surface area contributed by atoms with Crippen molar-refractivity contribution < 1.29 is 22.4 Å². The van der Waals surface area contributed by atoms with Gasteiger partial charge in [-0.25, -0.2) is 4.39 Å². The number of aryl methyl sites for hydroxylation is 1. The van der Waals surface area contributed by atoms with Crippen molar-refractivity contribution in [1.29, 1.82) is 0 Å². The Kier molecular flexibility index (Phi) is 7.15. The van der Waals surface area contributed by atoms with Gasteiger partial charge in [-0.1, -0.05) is 55.5 Å². The minimum absolute atomic E-state index is 0.0321. The number of anilines is 1. The molecule has 0 spiro atoms. The lowest BCUT2D eigenvalue weighted by atomic mass is 9.86. The lowest BCUT2D eigenvalue weighted by Gasteiger charge is -2.36. The van der Waals surface area contributed by atoms with Crippen molar-refractivity contribution in [3.8, 4) is 0 Å². The number of carbonyl (C=O) groups is 1. The van der Waals surface area contributed by atoms with Crippen LogP contribution in [0.3, 0.4) is 0 Å². The molecule has 4 aromatic rings. The van der Waals surface area contributed by atoms with Gasteiger partial charge in [-0.2, -0.15) is 13.2 Å². The third-order valence-electron chi connectivity index (χ3n) is 7.41. The summed E-state index contributed by atoms with van der Waals surface area (Å²) in [6.45, 7) is 3.83. The second-order valence-electron chi connectivity index (χ2n) is 9.64. The Balaban J connectivity index is 1.43. The molecule has 0 bridgehead atoms. The molecular weight excluding hydrogens is 494 g/mol. The van der Waals surface area contributed by atoms with E-state index in [0.717, 1.165) is 40.6 Å². The molecule has 1 atom stereocenters. The molecule has 8 heteroatoms. The Hall–Kier alpha value is -3.81. The number of para-hydroxylation sites is 2. The first kappa shape index (κ1) is 25.8. The first-order chi connectivity index (χ1) is 18.3. The van der Waals surface area contributed by atoms with Crippen molar-refractivity contribution in [3.63, 3.8) is 0 Å². The minimum atomic E-state index is -4.48. The summed E-state index contributed by atoms with van der Waals surface area (Å²) < 4.78 is 55.0. The van der Waals surface area contributed by atoms with Crippen molar-refractivity contribution in [2.24, 2.45) is 0 Å². The smallest absolute Gasteiger partial charge is 0.366 e. The van der Waals surface area contributed by atoms with Gasteiger partial charge in [-0.05, 0) is 41.3 Å². The van der Waals surface area contributed by atoms with Gasteiger partial charge in [-0.3, -0.25) is 4.79 Å². The molecule has 1 saturated heterocycles. The number of amides is 1. The molecule has 1 amide bonds. The van der Waals surface area contributed by atoms with Crippen molar-refractivity contribution >= 4 is 22.5 Å². The van der Waals surface area contributed by atoms with Crippen LogP contribution < -0.4 is 4.90 Å². The van der Waals surface area contributed by atoms with Crippen LogP contribution in [0.2, 0.25) is 0 Å². The number of nitrogens with one attached hydrogen (secondary N) is 1. The topological polar surface area (TPSA) is 39.3 Å². The molecule has 198 valence electrons. The number of rotatable bonds is 6. The molecule has 1 N–H and O–H groups in total. The maximum atomic E-state index is 14.2. The summed E-state index contributed by atoms with van der Waals surface area (Å²) in [6.07, 6.45) is -1.83. The van der Waals surface area contributed by atoms with Crippen LogP contribution in [0.1, 0.15) is 41.5 Å². The van der Waals surface area contributed by atoms with Gasteiger partial charge < -0.3 is 14.8 Å². The molecule has 5 rings (SSSR count). The number of hydrogen-bond acceptors (Lipinski definition) is 2. The van der Waals surface area contributed by atoms with Crippen molar-refractivity contribution in [3.05, 3.63) is 101 Å². The number of nitrogens with zero attached hydrogens (tertiary/aromatic N) is 2. The van der Waals surface area contributed by atoms with Crippen LogP contribution >= 0.6 is 0 Å². The number of alkyl halides is 3. The lowest BCUT2D eigenvalue weighted by molar-refractivity contribution is -0.137. The summed E-state index contributed by atoms with van der Waals surface area (Å²) in [7, 11) is 0. The predicted molar refractivity (Wildman–Crippen MR) is 141 cm³/mol. The number of H-pyrrole nitrogens is 1. The normalized spacial score (nSPS) is 15.2. The molecule has 1 fully saturated rings. The first-order valence-electron chi connectivity index (χ1n) is 12.8. The van der Waals surface area contributed by atoms with Crippen LogP contribution in [0.15, 0.2) is 72.9 Å². The number of hydrogen-bond donors (Lipinski definition) is 1. The lowest BCUT2D eigenvalue weighted by Crippen LogP contribution is -2.49. The number of benzene rings is 3. The second kappa shape index (κ2) is 10.5. The summed E-state index contributed by atoms with van der Waals surface area (Å²) in [4.78, 5) is 20.5. The predicted octanol–water partition coefficient (Wildman–Crippen LogP) is 6.76. The molecule has 1 unspecified atom stereocenters. The highest BCUT2D eigenvalue weighted by Crippen LogP contribution is 2.38. The molecular formula is C30H29F4N3O. The van der Waals surface area contributed by atoms with Crippen molar-refractivity contribution in [2.45, 2.75) is 31.9 Å². The van der Waals surface area contributed by atoms with Gasteiger partial charge in [0.25, 0.3) is 0 Å². The monoisotopic (exact) mass is 523 g/mol. The van der Waals surface area contributed by atoms with Gasteiger partial charge in [-0.15, -0.1) is 0 Å². The number of fused-ring (bicyclic) bond motifs is 1. The maximum absolute atomic E-state index is 14.2. The molecule has 4 nitrogen and oxygen atoms in total. The van der Waals surface area contributed by atoms with E-state index in [4.69, 9.17) is 0 Å². The molecule has 0 aliphatic carbocycles. The quantitative estimate of drug-likeness (QED) is 0.284. The second-order valence-corrected chi connectivity index (χ2v) is 9.64. The molecule has 3 aromatic carbocycles. The molecule has 1 aromatic heterocycles. The van der Waals surface area contributed by atoms with E-state index in [0.29, 0.717) is 37.4 Å². The van der Waals surface area contributed by atoms with E-state index in [9.17, 15) is 22.4 Å². The number of aromatic amines is 1. The Morgan fingerprint density at radius 3 is 2.42 bits per heavy atom. The summed E-state index contributed by atoms with van der Waals surface area (Å²) in [6, 6.07) is 17.7. The average Bonchev–Trinajstić information content (AvgIpc) is 3.36. The van der Waals surface area contributed by atoms with Crippen molar-refractivity contribution in [1.82, 2.24) is 9.88 Å². The fraction of sp³-hybridized carbons (Fsp3) is 0.300. The maximum Gasteiger partial charge on any atom is 0.416 e. The molecule has 2 heterocycles. The van der Waals surface area contributed by atoms with E-state index < -0.39 is 17.7 Å². The van der Waals surface area contributed by atoms with Gasteiger partial charge in [0.2, 0.25) is 5.91 Å². The zero-order chi connectivity index (χ0) is 26.9. The third kappa shape index (κ3) is 5.12. The van der Waals surface area contributed by atoms with Crippen LogP contribution in [0.4, 0.5) is 23.2 Å². The fourth-order valence-electron chi connectivity index (χ4n) is 5.37.